The molecule has 0 aliphatic heterocycles. The molecule has 8 rings (SSSR count). The highest BCUT2D eigenvalue weighted by molar-refractivity contribution is 14.1. The van der Waals surface area contributed by atoms with Gasteiger partial charge in [0.1, 0.15) is 50.1 Å². The third-order valence-corrected chi connectivity index (χ3v) is 22.2. The van der Waals surface area contributed by atoms with Crippen molar-refractivity contribution >= 4 is 89.4 Å². The van der Waals surface area contributed by atoms with Gasteiger partial charge in [-0.25, -0.2) is 9.97 Å². The fourth-order valence-electron chi connectivity index (χ4n) is 9.33. The Balaban J connectivity index is 0.000000238. The van der Waals surface area contributed by atoms with Gasteiger partial charge in [0.25, 0.3) is 0 Å². The molecule has 2 aliphatic rings. The van der Waals surface area contributed by atoms with Gasteiger partial charge in [0.15, 0.2) is 11.3 Å². The van der Waals surface area contributed by atoms with E-state index in [1.807, 2.05) is 45.8 Å². The highest BCUT2D eigenvalue weighted by Gasteiger charge is 2.28. The van der Waals surface area contributed by atoms with E-state index in [9.17, 15) is 9.59 Å². The van der Waals surface area contributed by atoms with E-state index in [1.54, 1.807) is 0 Å². The normalized spacial score (nSPS) is 15.3. The molecule has 0 atom stereocenters. The van der Waals surface area contributed by atoms with Crippen LogP contribution in [0.4, 0.5) is 11.6 Å². The summed E-state index contributed by atoms with van der Waals surface area (Å²) in [6.45, 7) is 33.1. The van der Waals surface area contributed by atoms with Crippen molar-refractivity contribution in [1.29, 1.82) is 0 Å². The topological polar surface area (TPSA) is 151 Å². The van der Waals surface area contributed by atoms with E-state index in [2.05, 4.69) is 152 Å². The fourth-order valence-corrected chi connectivity index (χ4v) is 12.8. The quantitative estimate of drug-likeness (QED) is 0.0219. The van der Waals surface area contributed by atoms with Gasteiger partial charge in [0, 0.05) is 143 Å². The number of Topliss-reactive ketones (excluding diaryl/α,β-unsaturated/α-hetero) is 2. The van der Waals surface area contributed by atoms with E-state index in [0.29, 0.717) is 70.1 Å². The van der Waals surface area contributed by atoms with E-state index < -0.39 is 32.3 Å². The van der Waals surface area contributed by atoms with Crippen LogP contribution in [-0.4, -0.2) is 131 Å². The van der Waals surface area contributed by atoms with Crippen molar-refractivity contribution in [2.75, 3.05) is 63.2 Å². The van der Waals surface area contributed by atoms with Gasteiger partial charge in [-0.15, -0.1) is 0 Å². The zero-order valence-electron chi connectivity index (χ0n) is 49.6. The number of anilines is 2. The highest BCUT2D eigenvalue weighted by Crippen LogP contribution is 2.36. The zero-order valence-corrected chi connectivity index (χ0v) is 55.7. The van der Waals surface area contributed by atoms with Crippen LogP contribution < -0.4 is 9.80 Å². The maximum atomic E-state index is 12.1. The predicted octanol–water partition coefficient (Wildman–Crippen LogP) is 14.1. The van der Waals surface area contributed by atoms with Crippen LogP contribution >= 0.6 is 22.6 Å². The molecule has 15 nitrogen and oxygen atoms in total. The number of carbonyl (C=O) groups excluding carboxylic acids is 2. The van der Waals surface area contributed by atoms with Gasteiger partial charge < -0.3 is 28.7 Å². The standard InChI is InChI=1S/C35H49N5O3Si2.C24H41IN4O3Si2/c1-44(2,3)20-18-42-25-39(26-43-19-21-45(4,5)6)34-22-33(28-12-15-30(41)16-13-28)38-35-31(24-37-40(34)35)29-14-17-32(36-23-29)27-10-8-7-9-11-27;1-33(2,3)13-11-31-17-28(18-32-12-14-34(4,5)6)23-15-22(19-7-9-20(30)10-8-19)27-24-21(25)16-26-29(23)24/h7-11,14,17,22-24,28H,12-13,15-16,18-21,25-26H2,1-6H3;15-16,19H,7-14,17-18H2,1-6H3. The first kappa shape index (κ1) is 62.6. The van der Waals surface area contributed by atoms with E-state index in [0.717, 1.165) is 137 Å². The number of rotatable bonds is 26. The van der Waals surface area contributed by atoms with Crippen molar-refractivity contribution in [2.24, 2.45) is 0 Å². The second-order valence-corrected chi connectivity index (χ2v) is 50.1. The maximum Gasteiger partial charge on any atom is 0.171 e. The Morgan fingerprint density at radius 2 is 0.924 bits per heavy atom. The van der Waals surface area contributed by atoms with Gasteiger partial charge in [0.2, 0.25) is 0 Å². The Morgan fingerprint density at radius 1 is 0.519 bits per heavy atom. The summed E-state index contributed by atoms with van der Waals surface area (Å²) in [5.41, 5.74) is 7.57. The van der Waals surface area contributed by atoms with Crippen LogP contribution in [0.1, 0.15) is 74.6 Å². The summed E-state index contributed by atoms with van der Waals surface area (Å²) in [5.74, 6) is 3.07. The summed E-state index contributed by atoms with van der Waals surface area (Å²) in [6, 6.07) is 23.1. The molecule has 0 radical (unpaired) electrons. The summed E-state index contributed by atoms with van der Waals surface area (Å²) in [7, 11) is -4.79. The molecule has 2 aliphatic carbocycles. The van der Waals surface area contributed by atoms with Crippen molar-refractivity contribution in [3.63, 3.8) is 0 Å². The lowest BCUT2D eigenvalue weighted by molar-refractivity contribution is -0.121. The van der Waals surface area contributed by atoms with E-state index >= 15 is 0 Å². The Morgan fingerprint density at radius 3 is 1.33 bits per heavy atom. The molecule has 2 saturated carbocycles. The van der Waals surface area contributed by atoms with Crippen molar-refractivity contribution in [3.05, 3.63) is 88.1 Å². The molecule has 6 aromatic rings. The number of pyridine rings is 1. The third-order valence-electron chi connectivity index (χ3n) is 14.6. The monoisotopic (exact) mass is 1260 g/mol. The van der Waals surface area contributed by atoms with E-state index in [4.69, 9.17) is 39.0 Å². The Labute approximate surface area is 488 Å². The number of ether oxygens (including phenoxy) is 4. The first-order valence-corrected chi connectivity index (χ1v) is 44.6. The van der Waals surface area contributed by atoms with Crippen LogP contribution in [0.25, 0.3) is 33.7 Å². The molecule has 5 heterocycles. The average Bonchev–Trinajstić information content (AvgIpc) is 4.11. The second-order valence-electron chi connectivity index (χ2n) is 26.5. The zero-order chi connectivity index (χ0) is 57.0. The largest absolute Gasteiger partial charge is 0.361 e. The summed E-state index contributed by atoms with van der Waals surface area (Å²) in [6.07, 6.45) is 11.5. The molecule has 2 fully saturated rings. The van der Waals surface area contributed by atoms with Crippen molar-refractivity contribution in [3.8, 4) is 22.4 Å². The predicted molar refractivity (Wildman–Crippen MR) is 341 cm³/mol. The van der Waals surface area contributed by atoms with Gasteiger partial charge >= 0.3 is 0 Å². The third kappa shape index (κ3) is 19.6. The molecular formula is C59H90IN9O6Si4. The minimum absolute atomic E-state index is 0.218. The van der Waals surface area contributed by atoms with Gasteiger partial charge in [-0.2, -0.15) is 19.2 Å². The second kappa shape index (κ2) is 28.3. The van der Waals surface area contributed by atoms with Crippen LogP contribution in [0.5, 0.6) is 0 Å². The molecule has 0 amide bonds. The smallest absolute Gasteiger partial charge is 0.171 e. The van der Waals surface area contributed by atoms with Gasteiger partial charge in [0.05, 0.1) is 21.7 Å². The molecule has 0 bridgehead atoms. The first-order valence-electron chi connectivity index (χ1n) is 28.7. The minimum Gasteiger partial charge on any atom is -0.361 e. The van der Waals surface area contributed by atoms with Gasteiger partial charge in [-0.05, 0) is 78.5 Å². The Bertz CT molecular complexity index is 2850. The number of carbonyl (C=O) groups is 2. The van der Waals surface area contributed by atoms with Crippen LogP contribution in [0.2, 0.25) is 103 Å². The summed E-state index contributed by atoms with van der Waals surface area (Å²) in [5, 5.41) is 9.49. The lowest BCUT2D eigenvalue weighted by atomic mass is 9.86. The first-order chi connectivity index (χ1) is 37.4. The minimum atomic E-state index is -1.23. The Kier molecular flexibility index (Phi) is 22.4. The number of hydrogen-bond acceptors (Lipinski definition) is 13. The van der Waals surface area contributed by atoms with Crippen molar-refractivity contribution < 1.29 is 28.5 Å². The number of benzene rings is 1. The number of nitrogens with zero attached hydrogens (tertiary/aromatic N) is 9. The average molecular weight is 1260 g/mol. The molecular weight excluding hydrogens is 1170 g/mol. The maximum absolute atomic E-state index is 12.1. The van der Waals surface area contributed by atoms with Gasteiger partial charge in [-0.1, -0.05) is 115 Å². The lowest BCUT2D eigenvalue weighted by Gasteiger charge is -2.28. The van der Waals surface area contributed by atoms with Crippen LogP contribution in [0, 0.1) is 3.57 Å². The summed E-state index contributed by atoms with van der Waals surface area (Å²) < 4.78 is 29.8. The molecule has 0 unspecified atom stereocenters. The molecule has 1 aromatic carbocycles. The van der Waals surface area contributed by atoms with E-state index in [-0.39, 0.29) is 5.92 Å². The number of ketones is 2. The van der Waals surface area contributed by atoms with Crippen LogP contribution in [-0.2, 0) is 28.5 Å². The number of fused-ring (bicyclic) bond motifs is 2. The highest BCUT2D eigenvalue weighted by atomic mass is 127. The van der Waals surface area contributed by atoms with Crippen LogP contribution in [0.15, 0.2) is 73.2 Å². The molecule has 0 N–H and O–H groups in total. The number of hydrogen-bond donors (Lipinski definition) is 0. The number of halogens is 1. The molecule has 5 aromatic heterocycles. The number of aromatic nitrogens is 7. The van der Waals surface area contributed by atoms with Crippen molar-refractivity contribution in [1.82, 2.24) is 34.2 Å². The fraction of sp³-hybridized carbons (Fsp3) is 0.576. The molecule has 20 heteroatoms. The molecule has 79 heavy (non-hydrogen) atoms. The Hall–Kier alpha value is -4.01. The molecule has 0 spiro atoms. The van der Waals surface area contributed by atoms with E-state index in [1.165, 1.54) is 0 Å². The molecule has 430 valence electrons. The SMILES string of the molecule is C[Si](C)(C)CCOCN(COCC[Si](C)(C)C)c1cc(C2CCC(=O)CC2)nc2c(-c3ccc(-c4ccccc4)nc3)cnn12.C[Si](C)(C)CCOCN(COCC[Si](C)(C)C)c1cc(C2CCC(=O)CC2)nc2c(I)cnn12. The lowest BCUT2D eigenvalue weighted by Crippen LogP contribution is -2.33. The van der Waals surface area contributed by atoms with Gasteiger partial charge in [-0.3, -0.25) is 14.6 Å². The van der Waals surface area contributed by atoms with Crippen LogP contribution in [0.3, 0.4) is 0 Å². The summed E-state index contributed by atoms with van der Waals surface area (Å²) in [4.78, 5) is 43.2. The summed E-state index contributed by atoms with van der Waals surface area (Å²) >= 11 is 2.30. The van der Waals surface area contributed by atoms with Crippen molar-refractivity contribution in [2.45, 2.75) is 166 Å². The molecule has 0 saturated heterocycles.